The number of nitrogens with two attached hydrogens (primary N) is 1. The van der Waals surface area contributed by atoms with Gasteiger partial charge < -0.3 is 25.3 Å². The molecule has 192 valence electrons. The van der Waals surface area contributed by atoms with Gasteiger partial charge in [-0.25, -0.2) is 4.79 Å². The third kappa shape index (κ3) is 5.99. The Morgan fingerprint density at radius 2 is 1.53 bits per heavy atom. The Morgan fingerprint density at radius 1 is 1.00 bits per heavy atom. The maximum absolute atomic E-state index is 13.2. The van der Waals surface area contributed by atoms with Crippen LogP contribution in [0.1, 0.15) is 51.7 Å². The standard InChI is InChI=1S/C28H34N2O6/c1-16(2)24(25(32)21(14-31)23(29)26(33)36-28(3,4)5)30-27(34)35-15-22-19-12-8-6-10-17(19)18-11-7-9-13-20(18)22/h6-14,16,21-24H,15,29H2,1-5H3,(H,30,34). The predicted molar refractivity (Wildman–Crippen MR) is 135 cm³/mol. The highest BCUT2D eigenvalue weighted by Gasteiger charge is 2.39. The van der Waals surface area contributed by atoms with Gasteiger partial charge in [-0.3, -0.25) is 9.59 Å². The molecule has 1 aliphatic rings. The van der Waals surface area contributed by atoms with E-state index < -0.39 is 41.4 Å². The SMILES string of the molecule is CC(C)C(NC(=O)OCC1c2ccccc2-c2ccccc21)C(=O)C(C=O)C(N)C(=O)OC(C)(C)C. The number of aldehydes is 1. The fraction of sp³-hybridized carbons (Fsp3) is 0.429. The third-order valence-corrected chi connectivity index (χ3v) is 6.13. The number of nitrogens with one attached hydrogen (secondary N) is 1. The first-order valence-corrected chi connectivity index (χ1v) is 12.0. The molecule has 8 nitrogen and oxygen atoms in total. The van der Waals surface area contributed by atoms with Crippen LogP contribution in [-0.4, -0.2) is 48.4 Å². The van der Waals surface area contributed by atoms with Gasteiger partial charge in [-0.05, 0) is 48.9 Å². The molecule has 0 saturated heterocycles. The van der Waals surface area contributed by atoms with Gasteiger partial charge in [-0.2, -0.15) is 0 Å². The van der Waals surface area contributed by atoms with E-state index in [9.17, 15) is 19.2 Å². The molecule has 1 amide bonds. The van der Waals surface area contributed by atoms with E-state index in [0.29, 0.717) is 6.29 Å². The molecule has 1 aliphatic carbocycles. The van der Waals surface area contributed by atoms with Crippen molar-refractivity contribution in [3.63, 3.8) is 0 Å². The lowest BCUT2D eigenvalue weighted by Gasteiger charge is -2.27. The van der Waals surface area contributed by atoms with Crippen LogP contribution in [0.3, 0.4) is 0 Å². The van der Waals surface area contributed by atoms with E-state index in [1.165, 1.54) is 0 Å². The van der Waals surface area contributed by atoms with Crippen molar-refractivity contribution in [2.75, 3.05) is 6.61 Å². The maximum atomic E-state index is 13.2. The van der Waals surface area contributed by atoms with Gasteiger partial charge in [0.2, 0.25) is 0 Å². The first-order valence-electron chi connectivity index (χ1n) is 12.0. The third-order valence-electron chi connectivity index (χ3n) is 6.13. The van der Waals surface area contributed by atoms with Gasteiger partial charge in [0.25, 0.3) is 0 Å². The number of rotatable bonds is 9. The van der Waals surface area contributed by atoms with Crippen LogP contribution in [0.2, 0.25) is 0 Å². The molecule has 2 aromatic carbocycles. The number of ether oxygens (including phenoxy) is 2. The summed E-state index contributed by atoms with van der Waals surface area (Å²) in [6, 6.07) is 13.3. The average molecular weight is 495 g/mol. The van der Waals surface area contributed by atoms with Crippen LogP contribution in [0.5, 0.6) is 0 Å². The molecule has 8 heteroatoms. The van der Waals surface area contributed by atoms with E-state index >= 15 is 0 Å². The van der Waals surface area contributed by atoms with Crippen molar-refractivity contribution in [3.05, 3.63) is 59.7 Å². The minimum Gasteiger partial charge on any atom is -0.459 e. The number of hydrogen-bond donors (Lipinski definition) is 2. The maximum Gasteiger partial charge on any atom is 0.407 e. The molecule has 0 aromatic heterocycles. The van der Waals surface area contributed by atoms with Crippen molar-refractivity contribution in [1.82, 2.24) is 5.32 Å². The Balaban J connectivity index is 1.69. The highest BCUT2D eigenvalue weighted by molar-refractivity contribution is 6.02. The molecule has 3 unspecified atom stereocenters. The highest BCUT2D eigenvalue weighted by atomic mass is 16.6. The number of carbonyl (C=O) groups is 4. The summed E-state index contributed by atoms with van der Waals surface area (Å²) in [6.45, 7) is 8.48. The quantitative estimate of drug-likeness (QED) is 0.310. The number of carbonyl (C=O) groups excluding carboxylic acids is 4. The van der Waals surface area contributed by atoms with Gasteiger partial charge in [0.15, 0.2) is 5.78 Å². The first-order chi connectivity index (χ1) is 16.9. The van der Waals surface area contributed by atoms with Crippen LogP contribution >= 0.6 is 0 Å². The highest BCUT2D eigenvalue weighted by Crippen LogP contribution is 2.44. The molecule has 0 bridgehead atoms. The van der Waals surface area contributed by atoms with E-state index in [1.807, 2.05) is 48.5 Å². The zero-order chi connectivity index (χ0) is 26.6. The van der Waals surface area contributed by atoms with Crippen LogP contribution in [0.25, 0.3) is 11.1 Å². The zero-order valence-corrected chi connectivity index (χ0v) is 21.3. The lowest BCUT2D eigenvalue weighted by molar-refractivity contribution is -0.160. The second-order valence-electron chi connectivity index (χ2n) is 10.3. The van der Waals surface area contributed by atoms with Gasteiger partial charge in [-0.15, -0.1) is 0 Å². The summed E-state index contributed by atoms with van der Waals surface area (Å²) in [7, 11) is 0. The van der Waals surface area contributed by atoms with Crippen molar-refractivity contribution in [1.29, 1.82) is 0 Å². The minimum absolute atomic E-state index is 0.0768. The van der Waals surface area contributed by atoms with Crippen LogP contribution < -0.4 is 11.1 Å². The summed E-state index contributed by atoms with van der Waals surface area (Å²) in [4.78, 5) is 50.0. The fourth-order valence-corrected chi connectivity index (χ4v) is 4.39. The Hall–Kier alpha value is -3.52. The predicted octanol–water partition coefficient (Wildman–Crippen LogP) is 3.60. The van der Waals surface area contributed by atoms with Gasteiger partial charge in [0.1, 0.15) is 30.5 Å². The van der Waals surface area contributed by atoms with E-state index in [0.717, 1.165) is 22.3 Å². The minimum atomic E-state index is -1.49. The second kappa shape index (κ2) is 11.0. The number of Topliss-reactive ketones (excluding diaryl/α,β-unsaturated/α-hetero) is 1. The molecule has 3 N–H and O–H groups in total. The second-order valence-corrected chi connectivity index (χ2v) is 10.3. The van der Waals surface area contributed by atoms with Crippen molar-refractivity contribution in [2.45, 2.75) is 58.2 Å². The van der Waals surface area contributed by atoms with Gasteiger partial charge in [0, 0.05) is 5.92 Å². The number of hydrogen-bond acceptors (Lipinski definition) is 7. The molecular weight excluding hydrogens is 460 g/mol. The molecule has 36 heavy (non-hydrogen) atoms. The lowest BCUT2D eigenvalue weighted by atomic mass is 9.87. The normalized spacial score (nSPS) is 15.3. The molecule has 3 rings (SSSR count). The molecular formula is C28H34N2O6. The molecule has 0 aliphatic heterocycles. The Bertz CT molecular complexity index is 1090. The number of benzene rings is 2. The van der Waals surface area contributed by atoms with Crippen LogP contribution in [0.15, 0.2) is 48.5 Å². The Morgan fingerprint density at radius 3 is 2.00 bits per heavy atom. The monoisotopic (exact) mass is 494 g/mol. The lowest BCUT2D eigenvalue weighted by Crippen LogP contribution is -2.54. The van der Waals surface area contributed by atoms with E-state index in [-0.39, 0.29) is 18.4 Å². The average Bonchev–Trinajstić information content (AvgIpc) is 3.14. The number of fused-ring (bicyclic) bond motifs is 3. The van der Waals surface area contributed by atoms with Gasteiger partial charge >= 0.3 is 12.1 Å². The van der Waals surface area contributed by atoms with Crippen molar-refractivity contribution < 1.29 is 28.7 Å². The largest absolute Gasteiger partial charge is 0.459 e. The summed E-state index contributed by atoms with van der Waals surface area (Å²) in [5, 5.41) is 2.57. The van der Waals surface area contributed by atoms with Crippen molar-refractivity contribution >= 4 is 24.1 Å². The van der Waals surface area contributed by atoms with Crippen molar-refractivity contribution in [2.24, 2.45) is 17.6 Å². The van der Waals surface area contributed by atoms with Crippen LogP contribution in [0, 0.1) is 11.8 Å². The molecule has 0 heterocycles. The zero-order valence-electron chi connectivity index (χ0n) is 21.3. The van der Waals surface area contributed by atoms with E-state index in [1.54, 1.807) is 34.6 Å². The number of alkyl carbamates (subject to hydrolysis) is 1. The van der Waals surface area contributed by atoms with Crippen LogP contribution in [0.4, 0.5) is 4.79 Å². The smallest absolute Gasteiger partial charge is 0.407 e. The topological polar surface area (TPSA) is 125 Å². The molecule has 0 radical (unpaired) electrons. The van der Waals surface area contributed by atoms with Gasteiger partial charge in [0.05, 0.1) is 6.04 Å². The summed E-state index contributed by atoms with van der Waals surface area (Å²) in [5.74, 6) is -3.53. The molecule has 0 saturated carbocycles. The van der Waals surface area contributed by atoms with Crippen LogP contribution in [-0.2, 0) is 23.9 Å². The fourth-order valence-electron chi connectivity index (χ4n) is 4.39. The number of esters is 1. The van der Waals surface area contributed by atoms with Gasteiger partial charge in [-0.1, -0.05) is 62.4 Å². The summed E-state index contributed by atoms with van der Waals surface area (Å²) in [6.07, 6.45) is -0.467. The molecule has 3 atom stereocenters. The van der Waals surface area contributed by atoms with E-state index in [4.69, 9.17) is 15.2 Å². The summed E-state index contributed by atoms with van der Waals surface area (Å²) >= 11 is 0. The molecule has 0 spiro atoms. The Labute approximate surface area is 211 Å². The Kier molecular flexibility index (Phi) is 8.30. The van der Waals surface area contributed by atoms with Crippen molar-refractivity contribution in [3.8, 4) is 11.1 Å². The summed E-state index contributed by atoms with van der Waals surface area (Å²) < 4.78 is 10.8. The first kappa shape index (κ1) is 27.1. The molecule has 2 aromatic rings. The number of ketones is 1. The van der Waals surface area contributed by atoms with E-state index in [2.05, 4.69) is 5.32 Å². The molecule has 0 fully saturated rings. The summed E-state index contributed by atoms with van der Waals surface area (Å²) in [5.41, 5.74) is 9.40. The number of amides is 1.